The van der Waals surface area contributed by atoms with Crippen LogP contribution >= 0.6 is 0 Å². The van der Waals surface area contributed by atoms with Crippen molar-refractivity contribution in [3.05, 3.63) is 131 Å². The van der Waals surface area contributed by atoms with Crippen LogP contribution in [0.1, 0.15) is 58.7 Å². The van der Waals surface area contributed by atoms with Gasteiger partial charge in [0.1, 0.15) is 11.9 Å². The van der Waals surface area contributed by atoms with E-state index in [1.165, 1.54) is 11.3 Å². The van der Waals surface area contributed by atoms with E-state index in [1.54, 1.807) is 12.4 Å². The van der Waals surface area contributed by atoms with E-state index in [1.807, 2.05) is 49.4 Å². The Bertz CT molecular complexity index is 1850. The molecule has 1 aromatic heterocycles. The minimum atomic E-state index is -0.691. The number of carbonyl (C=O) groups is 2. The van der Waals surface area contributed by atoms with Crippen LogP contribution in [0.4, 0.5) is 5.69 Å². The molecule has 6 rings (SSSR count). The lowest BCUT2D eigenvalue weighted by atomic mass is 9.99. The van der Waals surface area contributed by atoms with Crippen molar-refractivity contribution in [3.8, 4) is 0 Å². The molecule has 2 atom stereocenters. The van der Waals surface area contributed by atoms with E-state index in [-0.39, 0.29) is 17.9 Å². The Morgan fingerprint density at radius 3 is 2.39 bits per heavy atom. The highest BCUT2D eigenvalue weighted by atomic mass is 16.2. The topological polar surface area (TPSA) is 117 Å². The summed E-state index contributed by atoms with van der Waals surface area (Å²) in [6.45, 7) is 8.89. The monoisotopic (exact) mass is 686 g/mol. The van der Waals surface area contributed by atoms with Gasteiger partial charge >= 0.3 is 0 Å². The summed E-state index contributed by atoms with van der Waals surface area (Å²) in [5.41, 5.74) is 5.17. The third kappa shape index (κ3) is 9.82. The number of aromatic nitrogens is 2. The summed E-state index contributed by atoms with van der Waals surface area (Å²) >= 11 is 0. The Hall–Kier alpha value is -5.03. The molecule has 1 fully saturated rings. The summed E-state index contributed by atoms with van der Waals surface area (Å²) in [4.78, 5) is 39.5. The lowest BCUT2D eigenvalue weighted by Gasteiger charge is -2.35. The Labute approximate surface area is 301 Å². The largest absolute Gasteiger partial charge is 0.369 e. The van der Waals surface area contributed by atoms with Gasteiger partial charge in [0, 0.05) is 62.9 Å². The summed E-state index contributed by atoms with van der Waals surface area (Å²) in [5.74, 6) is 0.413. The first kappa shape index (κ1) is 35.8. The van der Waals surface area contributed by atoms with E-state index in [9.17, 15) is 9.59 Å². The Balaban J connectivity index is 1.07. The lowest BCUT2D eigenvalue weighted by molar-refractivity contribution is -0.123. The fraction of sp³-hybridized carbons (Fsp3) is 0.341. The minimum Gasteiger partial charge on any atom is -0.369 e. The third-order valence-electron chi connectivity index (χ3n) is 9.66. The van der Waals surface area contributed by atoms with Crippen LogP contribution in [0.15, 0.2) is 103 Å². The molecule has 0 aliphatic carbocycles. The number of carbonyl (C=O) groups excluding carboxylic acids is 2. The molecule has 10 heteroatoms. The second-order valence-electron chi connectivity index (χ2n) is 13.4. The zero-order chi connectivity index (χ0) is 35.4. The number of anilines is 1. The molecule has 0 saturated carbocycles. The highest BCUT2D eigenvalue weighted by Gasteiger charge is 2.24. The number of rotatable bonds is 16. The summed E-state index contributed by atoms with van der Waals surface area (Å²) in [6, 6.07) is 29.5. The van der Waals surface area contributed by atoms with Crippen molar-refractivity contribution in [3.63, 3.8) is 0 Å². The number of para-hydroxylation sites is 1. The number of H-pyrrole nitrogens is 1. The first-order valence-electron chi connectivity index (χ1n) is 18.0. The van der Waals surface area contributed by atoms with Crippen LogP contribution in [-0.2, 0) is 24.4 Å². The van der Waals surface area contributed by atoms with E-state index in [4.69, 9.17) is 0 Å². The average Bonchev–Trinajstić information content (AvgIpc) is 3.68. The Morgan fingerprint density at radius 1 is 0.824 bits per heavy atom. The predicted molar refractivity (Wildman–Crippen MR) is 204 cm³/mol. The summed E-state index contributed by atoms with van der Waals surface area (Å²) in [6.07, 6.45) is 4.75. The molecule has 5 N–H and O–H groups in total. The molecule has 0 radical (unpaired) electrons. The molecule has 0 bridgehead atoms. The summed E-state index contributed by atoms with van der Waals surface area (Å²) in [7, 11) is 2.17. The molecular weight excluding hydrogens is 637 g/mol. The number of nitrogens with zero attached hydrogens (tertiary/aromatic N) is 3. The molecule has 4 aromatic carbocycles. The number of nitrogens with one attached hydrogen (secondary N) is 5. The molecule has 10 nitrogen and oxygen atoms in total. The third-order valence-corrected chi connectivity index (χ3v) is 9.66. The summed E-state index contributed by atoms with van der Waals surface area (Å²) in [5, 5.41) is 15.4. The van der Waals surface area contributed by atoms with Gasteiger partial charge in [0.2, 0.25) is 5.91 Å². The van der Waals surface area contributed by atoms with E-state index < -0.39 is 6.04 Å². The number of likely N-dealkylation sites (N-methyl/N-ethyl adjacent to an activating group) is 1. The van der Waals surface area contributed by atoms with E-state index in [0.29, 0.717) is 25.1 Å². The first-order chi connectivity index (χ1) is 24.9. The van der Waals surface area contributed by atoms with Crippen LogP contribution in [0.3, 0.4) is 0 Å². The van der Waals surface area contributed by atoms with Gasteiger partial charge in [-0.25, -0.2) is 4.98 Å². The van der Waals surface area contributed by atoms with Gasteiger partial charge in [-0.1, -0.05) is 72.8 Å². The predicted octanol–water partition coefficient (Wildman–Crippen LogP) is 5.15. The molecule has 51 heavy (non-hydrogen) atoms. The van der Waals surface area contributed by atoms with Crippen LogP contribution < -0.4 is 26.2 Å². The number of imidazole rings is 1. The Morgan fingerprint density at radius 2 is 1.59 bits per heavy atom. The number of hydrogen-bond acceptors (Lipinski definition) is 7. The number of piperazine rings is 1. The number of aromatic amines is 1. The zero-order valence-corrected chi connectivity index (χ0v) is 29.7. The zero-order valence-electron chi connectivity index (χ0n) is 29.7. The SMILES string of the molecule is CC(NC(=O)[C@H](CCCNCc1ccccc1N1CCN(C)CC1)NC(=O)c1ccc(CNCc2ncc[nH]2)cc1)c1cccc2ccccc12. The molecule has 0 spiro atoms. The average molecular weight is 687 g/mol. The maximum atomic E-state index is 13.9. The lowest BCUT2D eigenvalue weighted by Crippen LogP contribution is -2.47. The van der Waals surface area contributed by atoms with Gasteiger partial charge in [0.25, 0.3) is 5.91 Å². The van der Waals surface area contributed by atoms with E-state index in [0.717, 1.165) is 73.4 Å². The van der Waals surface area contributed by atoms with Crippen molar-refractivity contribution in [1.29, 1.82) is 0 Å². The first-order valence-corrected chi connectivity index (χ1v) is 18.0. The smallest absolute Gasteiger partial charge is 0.251 e. The van der Waals surface area contributed by atoms with Crippen LogP contribution in [0.25, 0.3) is 10.8 Å². The van der Waals surface area contributed by atoms with Crippen LogP contribution in [0.2, 0.25) is 0 Å². The standard InChI is InChI=1S/C41H50N8O2/c1-30(35-13-7-11-32-9-3-5-12-36(32)35)46-41(51)37(47-40(50)33-18-16-31(17-19-33)27-43-29-39-44-21-22-45-39)14-8-20-42-28-34-10-4-6-15-38(34)49-25-23-48(2)24-26-49/h3-7,9-13,15-19,21-22,30,37,42-43H,8,14,20,23-29H2,1-2H3,(H,44,45)(H,46,51)(H,47,50)/t30?,37-/m0/s1. The van der Waals surface area contributed by atoms with Crippen LogP contribution in [0.5, 0.6) is 0 Å². The highest BCUT2D eigenvalue weighted by molar-refractivity contribution is 5.97. The highest BCUT2D eigenvalue weighted by Crippen LogP contribution is 2.25. The van der Waals surface area contributed by atoms with Gasteiger partial charge in [-0.05, 0) is 79.0 Å². The van der Waals surface area contributed by atoms with Gasteiger partial charge in [-0.15, -0.1) is 0 Å². The van der Waals surface area contributed by atoms with Crippen LogP contribution in [0, 0.1) is 0 Å². The quantitative estimate of drug-likeness (QED) is 0.0912. The molecule has 1 unspecified atom stereocenters. The van der Waals surface area contributed by atoms with Crippen LogP contribution in [-0.4, -0.2) is 72.5 Å². The molecule has 2 amide bonds. The molecule has 1 aliphatic rings. The number of fused-ring (bicyclic) bond motifs is 1. The van der Waals surface area contributed by atoms with Crippen molar-refractivity contribution < 1.29 is 9.59 Å². The molecule has 5 aromatic rings. The second kappa shape index (κ2) is 17.8. The van der Waals surface area contributed by atoms with Crippen molar-refractivity contribution in [2.75, 3.05) is 44.7 Å². The maximum Gasteiger partial charge on any atom is 0.251 e. The fourth-order valence-corrected chi connectivity index (χ4v) is 6.69. The van der Waals surface area contributed by atoms with E-state index in [2.05, 4.69) is 96.6 Å². The van der Waals surface area contributed by atoms with Crippen molar-refractivity contribution in [1.82, 2.24) is 36.1 Å². The number of benzene rings is 4. The summed E-state index contributed by atoms with van der Waals surface area (Å²) < 4.78 is 0. The van der Waals surface area contributed by atoms with Crippen molar-refractivity contribution in [2.24, 2.45) is 0 Å². The maximum absolute atomic E-state index is 13.9. The minimum absolute atomic E-state index is 0.192. The second-order valence-corrected chi connectivity index (χ2v) is 13.4. The number of amides is 2. The van der Waals surface area contributed by atoms with Crippen molar-refractivity contribution >= 4 is 28.3 Å². The molecule has 2 heterocycles. The Kier molecular flexibility index (Phi) is 12.5. The molecular formula is C41H50N8O2. The molecule has 266 valence electrons. The molecule has 1 saturated heterocycles. The van der Waals surface area contributed by atoms with Gasteiger partial charge < -0.3 is 36.1 Å². The van der Waals surface area contributed by atoms with Gasteiger partial charge in [0.05, 0.1) is 12.6 Å². The number of hydrogen-bond donors (Lipinski definition) is 5. The van der Waals surface area contributed by atoms with Gasteiger partial charge in [-0.3, -0.25) is 9.59 Å². The molecule has 1 aliphatic heterocycles. The van der Waals surface area contributed by atoms with Gasteiger partial charge in [0.15, 0.2) is 0 Å². The van der Waals surface area contributed by atoms with E-state index >= 15 is 0 Å². The normalized spacial score (nSPS) is 14.7. The van der Waals surface area contributed by atoms with Crippen molar-refractivity contribution in [2.45, 2.75) is 51.5 Å². The van der Waals surface area contributed by atoms with Gasteiger partial charge in [-0.2, -0.15) is 0 Å². The fourth-order valence-electron chi connectivity index (χ4n) is 6.69.